The van der Waals surface area contributed by atoms with Crippen LogP contribution in [0.3, 0.4) is 0 Å². The van der Waals surface area contributed by atoms with E-state index in [2.05, 4.69) is 49.5 Å². The molecule has 0 aliphatic carbocycles. The highest BCUT2D eigenvalue weighted by Crippen LogP contribution is 2.42. The molecule has 3 aromatic heterocycles. The van der Waals surface area contributed by atoms with E-state index in [1.54, 1.807) is 32.6 Å². The van der Waals surface area contributed by atoms with Crippen LogP contribution in [0.1, 0.15) is 56.8 Å². The third-order valence-corrected chi connectivity index (χ3v) is 10.1. The summed E-state index contributed by atoms with van der Waals surface area (Å²) in [6.07, 6.45) is 9.89. The van der Waals surface area contributed by atoms with Gasteiger partial charge in [-0.3, -0.25) is 14.7 Å². The van der Waals surface area contributed by atoms with Crippen molar-refractivity contribution in [3.8, 4) is 6.07 Å². The molecule has 240 valence electrons. The van der Waals surface area contributed by atoms with E-state index in [0.717, 1.165) is 79.1 Å². The summed E-state index contributed by atoms with van der Waals surface area (Å²) in [5.41, 5.74) is 7.49. The number of H-pyrrole nitrogens is 1. The van der Waals surface area contributed by atoms with Crippen molar-refractivity contribution in [1.29, 1.82) is 5.26 Å². The summed E-state index contributed by atoms with van der Waals surface area (Å²) in [6.45, 7) is 7.54. The number of nitrogens with zero attached hydrogens (tertiary/aromatic N) is 7. The summed E-state index contributed by atoms with van der Waals surface area (Å²) in [5, 5.41) is 11.0. The Kier molecular flexibility index (Phi) is 8.02. The SMILES string of the molecule is Cc1c(CN2CCC3(CCN(c4nccnc4Cc4ccc(F)cc4C(=O)N(C)C)C3)C2)ccc2c1cc(C#N)n2Cc1cc[nH]c1. The number of benzene rings is 2. The van der Waals surface area contributed by atoms with Gasteiger partial charge in [0.15, 0.2) is 5.82 Å². The lowest BCUT2D eigenvalue weighted by atomic mass is 9.86. The van der Waals surface area contributed by atoms with Crippen molar-refractivity contribution in [1.82, 2.24) is 29.3 Å². The predicted octanol–water partition coefficient (Wildman–Crippen LogP) is 5.52. The summed E-state index contributed by atoms with van der Waals surface area (Å²) >= 11 is 0. The molecule has 1 atom stereocenters. The van der Waals surface area contributed by atoms with Gasteiger partial charge in [0.25, 0.3) is 5.91 Å². The van der Waals surface area contributed by atoms with Crippen molar-refractivity contribution in [3.05, 3.63) is 112 Å². The highest BCUT2D eigenvalue weighted by molar-refractivity contribution is 5.95. The number of amides is 1. The van der Waals surface area contributed by atoms with Crippen LogP contribution in [-0.2, 0) is 19.5 Å². The predicted molar refractivity (Wildman–Crippen MR) is 180 cm³/mol. The zero-order valence-corrected chi connectivity index (χ0v) is 27.1. The maximum Gasteiger partial charge on any atom is 0.253 e. The van der Waals surface area contributed by atoms with Crippen molar-refractivity contribution >= 4 is 22.6 Å². The van der Waals surface area contributed by atoms with Crippen LogP contribution in [-0.4, -0.2) is 75.5 Å². The van der Waals surface area contributed by atoms with Gasteiger partial charge in [-0.25, -0.2) is 9.37 Å². The minimum atomic E-state index is -0.432. The number of likely N-dealkylation sites (tertiary alicyclic amines) is 1. The number of aromatic nitrogens is 4. The molecule has 2 aliphatic heterocycles. The summed E-state index contributed by atoms with van der Waals surface area (Å²) in [4.78, 5) is 31.8. The minimum Gasteiger partial charge on any atom is -0.367 e. The summed E-state index contributed by atoms with van der Waals surface area (Å²) < 4.78 is 16.2. The van der Waals surface area contributed by atoms with Crippen LogP contribution < -0.4 is 4.90 Å². The lowest BCUT2D eigenvalue weighted by Crippen LogP contribution is -2.31. The molecule has 1 unspecified atom stereocenters. The quantitative estimate of drug-likeness (QED) is 0.243. The molecule has 10 heteroatoms. The zero-order valence-electron chi connectivity index (χ0n) is 27.1. The third-order valence-electron chi connectivity index (χ3n) is 10.1. The van der Waals surface area contributed by atoms with Crippen LogP contribution >= 0.6 is 0 Å². The van der Waals surface area contributed by atoms with Crippen molar-refractivity contribution < 1.29 is 9.18 Å². The normalized spacial score (nSPS) is 18.0. The Hall–Kier alpha value is -5.01. The van der Waals surface area contributed by atoms with Gasteiger partial charge in [0.2, 0.25) is 0 Å². The fourth-order valence-corrected chi connectivity index (χ4v) is 7.52. The van der Waals surface area contributed by atoms with Gasteiger partial charge in [-0.2, -0.15) is 5.26 Å². The topological polar surface area (TPSA) is 97.1 Å². The van der Waals surface area contributed by atoms with Gasteiger partial charge >= 0.3 is 0 Å². The van der Waals surface area contributed by atoms with Crippen LogP contribution in [0.2, 0.25) is 0 Å². The number of carbonyl (C=O) groups is 1. The smallest absolute Gasteiger partial charge is 0.253 e. The molecule has 7 rings (SSSR count). The Balaban J connectivity index is 1.06. The van der Waals surface area contributed by atoms with Gasteiger partial charge in [0.1, 0.15) is 17.6 Å². The van der Waals surface area contributed by atoms with E-state index < -0.39 is 5.82 Å². The zero-order chi connectivity index (χ0) is 32.7. The Morgan fingerprint density at radius 1 is 1.04 bits per heavy atom. The molecular formula is C37H39FN8O. The molecule has 2 aromatic carbocycles. The Labute approximate surface area is 274 Å². The third kappa shape index (κ3) is 5.87. The van der Waals surface area contributed by atoms with E-state index in [9.17, 15) is 14.4 Å². The second-order valence-electron chi connectivity index (χ2n) is 13.4. The van der Waals surface area contributed by atoms with E-state index >= 15 is 0 Å². The van der Waals surface area contributed by atoms with E-state index in [4.69, 9.17) is 4.98 Å². The minimum absolute atomic E-state index is 0.169. The standard InChI is InChI=1S/C37H39FN8O/c1-25-28(5-7-34-31(25)18-30(19-39)46(34)21-26-8-11-40-20-26)22-44-14-9-37(23-44)10-15-45(24-37)35-33(41-12-13-42-35)16-27-4-6-29(38)17-32(27)36(47)43(2)3/h4-8,11-13,17-18,20,40H,9-10,14-16,21-24H2,1-3H3. The monoisotopic (exact) mass is 630 g/mol. The summed E-state index contributed by atoms with van der Waals surface area (Å²) in [5.74, 6) is 0.179. The molecular weight excluding hydrogens is 591 g/mol. The number of carbonyl (C=O) groups excluding carboxylic acids is 1. The van der Waals surface area contributed by atoms with Gasteiger partial charge in [-0.1, -0.05) is 12.1 Å². The second kappa shape index (κ2) is 12.3. The first kappa shape index (κ1) is 30.6. The fraction of sp³-hybridized carbons (Fsp3) is 0.351. The maximum atomic E-state index is 14.1. The molecule has 0 bridgehead atoms. The van der Waals surface area contributed by atoms with Gasteiger partial charge in [0.05, 0.1) is 12.2 Å². The van der Waals surface area contributed by atoms with Crippen LogP contribution in [0.15, 0.2) is 67.3 Å². The average Bonchev–Trinajstić information content (AvgIpc) is 3.88. The van der Waals surface area contributed by atoms with E-state index in [0.29, 0.717) is 24.2 Å². The van der Waals surface area contributed by atoms with Gasteiger partial charge in [-0.05, 0) is 78.9 Å². The number of hydrogen-bond acceptors (Lipinski definition) is 6. The number of aryl methyl sites for hydroxylation is 1. The van der Waals surface area contributed by atoms with Crippen LogP contribution in [0.25, 0.3) is 10.9 Å². The number of fused-ring (bicyclic) bond motifs is 1. The van der Waals surface area contributed by atoms with Crippen molar-refractivity contribution in [2.24, 2.45) is 5.41 Å². The highest BCUT2D eigenvalue weighted by Gasteiger charge is 2.44. The Morgan fingerprint density at radius 2 is 1.85 bits per heavy atom. The summed E-state index contributed by atoms with van der Waals surface area (Å²) in [6, 6.07) is 15.3. The van der Waals surface area contributed by atoms with E-state index in [1.165, 1.54) is 28.2 Å². The molecule has 5 aromatic rings. The first-order valence-corrected chi connectivity index (χ1v) is 16.1. The molecule has 2 saturated heterocycles. The first-order valence-electron chi connectivity index (χ1n) is 16.1. The Bertz CT molecular complexity index is 1990. The molecule has 5 heterocycles. The van der Waals surface area contributed by atoms with Crippen molar-refractivity contribution in [2.45, 2.75) is 39.3 Å². The number of nitrogens with one attached hydrogen (secondary N) is 1. The highest BCUT2D eigenvalue weighted by atomic mass is 19.1. The van der Waals surface area contributed by atoms with E-state index in [-0.39, 0.29) is 11.3 Å². The van der Waals surface area contributed by atoms with Gasteiger partial charge in [-0.15, -0.1) is 0 Å². The maximum absolute atomic E-state index is 14.1. The van der Waals surface area contributed by atoms with Crippen molar-refractivity contribution in [3.63, 3.8) is 0 Å². The van der Waals surface area contributed by atoms with Crippen molar-refractivity contribution in [2.75, 3.05) is 45.2 Å². The number of nitriles is 1. The van der Waals surface area contributed by atoms with Gasteiger partial charge < -0.3 is 19.4 Å². The van der Waals surface area contributed by atoms with E-state index in [1.807, 2.05) is 24.5 Å². The average molecular weight is 631 g/mol. The fourth-order valence-electron chi connectivity index (χ4n) is 7.52. The lowest BCUT2D eigenvalue weighted by molar-refractivity contribution is 0.0826. The first-order chi connectivity index (χ1) is 22.7. The molecule has 0 saturated carbocycles. The summed E-state index contributed by atoms with van der Waals surface area (Å²) in [7, 11) is 3.35. The number of aromatic amines is 1. The lowest BCUT2D eigenvalue weighted by Gasteiger charge is -2.26. The van der Waals surface area contributed by atoms with Gasteiger partial charge in [0, 0.05) is 93.4 Å². The molecule has 9 nitrogen and oxygen atoms in total. The molecule has 47 heavy (non-hydrogen) atoms. The number of halogens is 1. The molecule has 2 fully saturated rings. The number of hydrogen-bond donors (Lipinski definition) is 1. The van der Waals surface area contributed by atoms with Crippen LogP contribution in [0, 0.1) is 29.5 Å². The molecule has 1 spiro atoms. The number of anilines is 1. The second-order valence-corrected chi connectivity index (χ2v) is 13.4. The largest absolute Gasteiger partial charge is 0.367 e. The molecule has 1 amide bonds. The number of rotatable bonds is 8. The Morgan fingerprint density at radius 3 is 2.64 bits per heavy atom. The molecule has 2 aliphatic rings. The molecule has 0 radical (unpaired) electrons. The van der Waals surface area contributed by atoms with Crippen LogP contribution in [0.4, 0.5) is 10.2 Å². The molecule has 1 N–H and O–H groups in total. The van der Waals surface area contributed by atoms with Crippen LogP contribution in [0.5, 0.6) is 0 Å².